The Bertz CT molecular complexity index is 601. The molecule has 21 heavy (non-hydrogen) atoms. The van der Waals surface area contributed by atoms with Gasteiger partial charge in [-0.1, -0.05) is 6.92 Å². The summed E-state index contributed by atoms with van der Waals surface area (Å²) in [5.74, 6) is -0.102. The van der Waals surface area contributed by atoms with Crippen molar-refractivity contribution in [1.82, 2.24) is 25.5 Å². The highest BCUT2D eigenvalue weighted by Gasteiger charge is 2.18. The van der Waals surface area contributed by atoms with Crippen LogP contribution in [0.5, 0.6) is 0 Å². The molecule has 1 atom stereocenters. The molecule has 0 saturated carbocycles. The molecule has 0 fully saturated rings. The van der Waals surface area contributed by atoms with Gasteiger partial charge >= 0.3 is 0 Å². The van der Waals surface area contributed by atoms with Crippen LogP contribution in [-0.4, -0.2) is 32.6 Å². The molecule has 112 valence electrons. The van der Waals surface area contributed by atoms with Crippen LogP contribution in [0.3, 0.4) is 0 Å². The number of carbonyl (C=O) groups excluding carboxylic acids is 1. The first-order valence-electron chi connectivity index (χ1n) is 6.67. The third kappa shape index (κ3) is 3.74. The van der Waals surface area contributed by atoms with Crippen molar-refractivity contribution < 1.29 is 9.18 Å². The zero-order valence-corrected chi connectivity index (χ0v) is 11.9. The highest BCUT2D eigenvalue weighted by Crippen LogP contribution is 2.15. The number of carbonyl (C=O) groups is 1. The average Bonchev–Trinajstić information content (AvgIpc) is 3.00. The minimum Gasteiger partial charge on any atom is -0.369 e. The van der Waals surface area contributed by atoms with Gasteiger partial charge in [0.25, 0.3) is 5.91 Å². The van der Waals surface area contributed by atoms with Crippen LogP contribution in [0.2, 0.25) is 0 Å². The van der Waals surface area contributed by atoms with E-state index in [-0.39, 0.29) is 11.6 Å². The Morgan fingerprint density at radius 2 is 2.29 bits per heavy atom. The van der Waals surface area contributed by atoms with E-state index in [1.807, 2.05) is 6.92 Å². The van der Waals surface area contributed by atoms with E-state index in [1.54, 1.807) is 6.92 Å². The molecule has 0 spiro atoms. The molecule has 2 aromatic heterocycles. The molecule has 0 saturated heterocycles. The zero-order chi connectivity index (χ0) is 15.2. The summed E-state index contributed by atoms with van der Waals surface area (Å²) in [6, 6.07) is 0.787. The van der Waals surface area contributed by atoms with Crippen LogP contribution in [0.4, 0.5) is 10.2 Å². The highest BCUT2D eigenvalue weighted by molar-refractivity contribution is 5.98. The van der Waals surface area contributed by atoms with Gasteiger partial charge in [-0.2, -0.15) is 5.10 Å². The Kier molecular flexibility index (Phi) is 4.81. The molecule has 1 unspecified atom stereocenters. The Balaban J connectivity index is 2.15. The molecule has 2 aromatic rings. The average molecular weight is 292 g/mol. The van der Waals surface area contributed by atoms with Crippen LogP contribution in [0.15, 0.2) is 18.6 Å². The largest absolute Gasteiger partial charge is 0.369 e. The van der Waals surface area contributed by atoms with Crippen LogP contribution >= 0.6 is 0 Å². The molecule has 2 heterocycles. The number of hydrogen-bond donors (Lipinski definition) is 3. The Hall–Kier alpha value is -2.51. The van der Waals surface area contributed by atoms with E-state index in [0.29, 0.717) is 18.2 Å². The van der Waals surface area contributed by atoms with Crippen molar-refractivity contribution in [1.29, 1.82) is 0 Å². The highest BCUT2D eigenvalue weighted by atomic mass is 19.1. The SMILES string of the molecule is CCCNc1ncc(F)cc1C(=O)NC(C)c1ncn[nH]1. The summed E-state index contributed by atoms with van der Waals surface area (Å²) in [5, 5.41) is 12.1. The summed E-state index contributed by atoms with van der Waals surface area (Å²) >= 11 is 0. The topological polar surface area (TPSA) is 95.6 Å². The summed E-state index contributed by atoms with van der Waals surface area (Å²) in [5.41, 5.74) is 0.162. The molecular weight excluding hydrogens is 275 g/mol. The lowest BCUT2D eigenvalue weighted by Crippen LogP contribution is -2.28. The van der Waals surface area contributed by atoms with Crippen molar-refractivity contribution in [2.45, 2.75) is 26.3 Å². The molecular formula is C13H17FN6O. The second kappa shape index (κ2) is 6.78. The second-order valence-electron chi connectivity index (χ2n) is 4.54. The third-order valence-corrected chi connectivity index (χ3v) is 2.83. The van der Waals surface area contributed by atoms with E-state index in [2.05, 4.69) is 30.8 Å². The summed E-state index contributed by atoms with van der Waals surface area (Å²) in [7, 11) is 0. The summed E-state index contributed by atoms with van der Waals surface area (Å²) < 4.78 is 13.3. The second-order valence-corrected chi connectivity index (χ2v) is 4.54. The lowest BCUT2D eigenvalue weighted by atomic mass is 10.2. The van der Waals surface area contributed by atoms with Crippen molar-refractivity contribution in [2.24, 2.45) is 0 Å². The fourth-order valence-electron chi connectivity index (χ4n) is 1.76. The van der Waals surface area contributed by atoms with Crippen LogP contribution in [0.1, 0.15) is 42.5 Å². The molecule has 2 rings (SSSR count). The van der Waals surface area contributed by atoms with E-state index in [9.17, 15) is 9.18 Å². The van der Waals surface area contributed by atoms with Gasteiger partial charge in [-0.05, 0) is 19.4 Å². The van der Waals surface area contributed by atoms with Gasteiger partial charge < -0.3 is 10.6 Å². The smallest absolute Gasteiger partial charge is 0.255 e. The number of hydrogen-bond acceptors (Lipinski definition) is 5. The predicted octanol–water partition coefficient (Wildman–Crippen LogP) is 1.65. The van der Waals surface area contributed by atoms with Crippen molar-refractivity contribution in [3.63, 3.8) is 0 Å². The quantitative estimate of drug-likeness (QED) is 0.752. The van der Waals surface area contributed by atoms with Crippen LogP contribution in [-0.2, 0) is 0 Å². The van der Waals surface area contributed by atoms with Crippen molar-refractivity contribution in [3.05, 3.63) is 35.8 Å². The van der Waals surface area contributed by atoms with Crippen LogP contribution in [0, 0.1) is 5.82 Å². The number of aromatic amines is 1. The molecule has 1 amide bonds. The summed E-state index contributed by atoms with van der Waals surface area (Å²) in [6.45, 7) is 4.39. The van der Waals surface area contributed by atoms with Gasteiger partial charge in [-0.3, -0.25) is 9.89 Å². The number of aromatic nitrogens is 4. The van der Waals surface area contributed by atoms with Crippen LogP contribution < -0.4 is 10.6 Å². The zero-order valence-electron chi connectivity index (χ0n) is 11.9. The lowest BCUT2D eigenvalue weighted by molar-refractivity contribution is 0.0938. The molecule has 0 aliphatic rings. The van der Waals surface area contributed by atoms with Gasteiger partial charge in [-0.15, -0.1) is 0 Å². The van der Waals surface area contributed by atoms with E-state index in [4.69, 9.17) is 0 Å². The molecule has 0 radical (unpaired) electrons. The van der Waals surface area contributed by atoms with Crippen molar-refractivity contribution in [2.75, 3.05) is 11.9 Å². The number of amides is 1. The first kappa shape index (κ1) is 14.9. The molecule has 0 aromatic carbocycles. The fourth-order valence-corrected chi connectivity index (χ4v) is 1.76. The standard InChI is InChI=1S/C13H17FN6O/c1-3-4-15-12-10(5-9(14)6-16-12)13(21)19-8(2)11-17-7-18-20-11/h5-8H,3-4H2,1-2H3,(H,15,16)(H,19,21)(H,17,18,20). The number of pyridine rings is 1. The maximum atomic E-state index is 13.3. The van der Waals surface area contributed by atoms with E-state index in [1.165, 1.54) is 6.33 Å². The molecule has 0 bridgehead atoms. The maximum Gasteiger partial charge on any atom is 0.255 e. The van der Waals surface area contributed by atoms with Gasteiger partial charge in [0.05, 0.1) is 17.8 Å². The van der Waals surface area contributed by atoms with Gasteiger partial charge in [0.1, 0.15) is 23.8 Å². The number of nitrogens with one attached hydrogen (secondary N) is 3. The van der Waals surface area contributed by atoms with Gasteiger partial charge in [-0.25, -0.2) is 14.4 Å². The minimum absolute atomic E-state index is 0.162. The monoisotopic (exact) mass is 292 g/mol. The molecule has 3 N–H and O–H groups in total. The first-order valence-corrected chi connectivity index (χ1v) is 6.67. The third-order valence-electron chi connectivity index (χ3n) is 2.83. The summed E-state index contributed by atoms with van der Waals surface area (Å²) in [6.07, 6.45) is 3.30. The van der Waals surface area contributed by atoms with Crippen molar-refractivity contribution >= 4 is 11.7 Å². The normalized spacial score (nSPS) is 12.0. The molecule has 7 nitrogen and oxygen atoms in total. The maximum absolute atomic E-state index is 13.3. The molecule has 0 aliphatic carbocycles. The Morgan fingerprint density at radius 1 is 1.48 bits per heavy atom. The number of rotatable bonds is 6. The summed E-state index contributed by atoms with van der Waals surface area (Å²) in [4.78, 5) is 20.2. The first-order chi connectivity index (χ1) is 10.1. The predicted molar refractivity (Wildman–Crippen MR) is 75.2 cm³/mol. The minimum atomic E-state index is -0.561. The van der Waals surface area contributed by atoms with Gasteiger partial charge in [0, 0.05) is 6.54 Å². The van der Waals surface area contributed by atoms with E-state index < -0.39 is 11.7 Å². The van der Waals surface area contributed by atoms with Crippen molar-refractivity contribution in [3.8, 4) is 0 Å². The lowest BCUT2D eigenvalue weighted by Gasteiger charge is -2.14. The number of halogens is 1. The van der Waals surface area contributed by atoms with E-state index in [0.717, 1.165) is 18.7 Å². The Labute approximate surface area is 121 Å². The number of anilines is 1. The Morgan fingerprint density at radius 3 is 2.95 bits per heavy atom. The van der Waals surface area contributed by atoms with E-state index >= 15 is 0 Å². The molecule has 8 heteroatoms. The van der Waals surface area contributed by atoms with Crippen LogP contribution in [0.25, 0.3) is 0 Å². The number of nitrogens with zero attached hydrogens (tertiary/aromatic N) is 3. The van der Waals surface area contributed by atoms with Gasteiger partial charge in [0.2, 0.25) is 0 Å². The molecule has 0 aliphatic heterocycles. The number of H-pyrrole nitrogens is 1. The van der Waals surface area contributed by atoms with Gasteiger partial charge in [0.15, 0.2) is 0 Å². The fraction of sp³-hybridized carbons (Fsp3) is 0.385.